The van der Waals surface area contributed by atoms with Crippen molar-refractivity contribution < 1.29 is 36.7 Å². The van der Waals surface area contributed by atoms with E-state index in [9.17, 15) is 18.0 Å². The predicted octanol–water partition coefficient (Wildman–Crippen LogP) is 4.06. The fourth-order valence-corrected chi connectivity index (χ4v) is 2.31. The molecule has 0 fully saturated rings. The summed E-state index contributed by atoms with van der Waals surface area (Å²) in [5, 5.41) is 8.56. The Hall–Kier alpha value is -2.59. The summed E-state index contributed by atoms with van der Waals surface area (Å²) in [5.74, 6) is 1.55. The number of alkyl halides is 3. The van der Waals surface area contributed by atoms with Crippen molar-refractivity contribution in [2.45, 2.75) is 46.2 Å². The maximum atomic E-state index is 10.4. The lowest BCUT2D eigenvalue weighted by atomic mass is 10.0. The first-order chi connectivity index (χ1) is 14.1. The van der Waals surface area contributed by atoms with Crippen LogP contribution >= 0.6 is 0 Å². The van der Waals surface area contributed by atoms with E-state index in [1.807, 2.05) is 18.2 Å². The van der Waals surface area contributed by atoms with Gasteiger partial charge in [-0.2, -0.15) is 13.2 Å². The Bertz CT molecular complexity index is 670. The molecule has 0 saturated carbocycles. The van der Waals surface area contributed by atoms with E-state index < -0.39 is 18.4 Å². The topological polar surface area (TPSA) is 133 Å². The van der Waals surface area contributed by atoms with Crippen molar-refractivity contribution in [1.82, 2.24) is 0 Å². The highest BCUT2D eigenvalue weighted by Gasteiger charge is 2.24. The highest BCUT2D eigenvalue weighted by molar-refractivity contribution is 5.67. The van der Waals surface area contributed by atoms with Gasteiger partial charge in [-0.3, -0.25) is 9.59 Å². The number of carboxylic acid groups (broad SMARTS) is 1. The molecule has 0 aromatic carbocycles. The number of hydrogen-bond acceptors (Lipinski definition) is 6. The molecule has 7 nitrogen and oxygen atoms in total. The zero-order valence-electron chi connectivity index (χ0n) is 16.8. The number of hydrogen-bond donors (Lipinski definition) is 3. The summed E-state index contributed by atoms with van der Waals surface area (Å²) in [6, 6.07) is 7.52. The second kappa shape index (κ2) is 17.1. The maximum Gasteiger partial charge on any atom is 0.446 e. The third kappa shape index (κ3) is 16.8. The predicted molar refractivity (Wildman–Crippen MR) is 111 cm³/mol. The lowest BCUT2D eigenvalue weighted by Gasteiger charge is -2.09. The Labute approximate surface area is 180 Å². The highest BCUT2D eigenvalue weighted by atomic mass is 19.4. The first-order valence-corrected chi connectivity index (χ1v) is 9.34. The minimum absolute atomic E-state index is 0. The summed E-state index contributed by atoms with van der Waals surface area (Å²) in [7, 11) is 0. The molecule has 31 heavy (non-hydrogen) atoms. The first-order valence-electron chi connectivity index (χ1n) is 9.34. The molecule has 0 saturated heterocycles. The largest absolute Gasteiger partial charge is 0.481 e. The van der Waals surface area contributed by atoms with Gasteiger partial charge in [0.1, 0.15) is 11.5 Å². The van der Waals surface area contributed by atoms with Gasteiger partial charge in [-0.05, 0) is 49.2 Å². The Morgan fingerprint density at radius 3 is 1.74 bits per heavy atom. The molecule has 0 radical (unpaired) electrons. The molecule has 2 aromatic heterocycles. The van der Waals surface area contributed by atoms with Crippen molar-refractivity contribution >= 4 is 12.3 Å². The van der Waals surface area contributed by atoms with Crippen LogP contribution in [0.25, 0.3) is 0 Å². The second-order valence-electron chi connectivity index (χ2n) is 6.44. The molecule has 0 spiro atoms. The average Bonchev–Trinajstić information content (AvgIpc) is 3.39. The minimum Gasteiger partial charge on any atom is -0.481 e. The molecule has 5 N–H and O–H groups in total. The zero-order valence-corrected chi connectivity index (χ0v) is 16.8. The number of rotatable bonds is 9. The Kier molecular flexibility index (Phi) is 16.9. The first kappa shape index (κ1) is 30.6. The van der Waals surface area contributed by atoms with Crippen LogP contribution in [-0.4, -0.2) is 36.6 Å². The van der Waals surface area contributed by atoms with Crippen molar-refractivity contribution in [2.24, 2.45) is 23.3 Å². The molecular weight excluding hydrogens is 417 g/mol. The number of aldehydes is 1. The summed E-state index contributed by atoms with van der Waals surface area (Å²) < 4.78 is 41.6. The van der Waals surface area contributed by atoms with Gasteiger partial charge < -0.3 is 25.4 Å². The Balaban J connectivity index is 0. The number of carbonyl (C=O) groups is 2. The van der Waals surface area contributed by atoms with E-state index in [4.69, 9.17) is 30.2 Å². The van der Waals surface area contributed by atoms with Gasteiger partial charge in [0.25, 0.3) is 0 Å². The van der Waals surface area contributed by atoms with Crippen LogP contribution in [0.4, 0.5) is 13.2 Å². The third-order valence-electron chi connectivity index (χ3n) is 3.98. The fraction of sp³-hybridized carbons (Fsp3) is 0.524. The van der Waals surface area contributed by atoms with Gasteiger partial charge in [-0.1, -0.05) is 20.8 Å². The molecule has 0 amide bonds. The lowest BCUT2D eigenvalue weighted by Crippen LogP contribution is -2.20. The Morgan fingerprint density at radius 1 is 1.06 bits per heavy atom. The summed E-state index contributed by atoms with van der Waals surface area (Å²) in [5.41, 5.74) is 11.0. The van der Waals surface area contributed by atoms with Gasteiger partial charge in [0.05, 0.1) is 12.5 Å². The van der Waals surface area contributed by atoms with Crippen LogP contribution in [0.15, 0.2) is 45.6 Å². The normalized spacial score (nSPS) is 12.2. The molecule has 178 valence electrons. The van der Waals surface area contributed by atoms with Crippen LogP contribution in [0.3, 0.4) is 0 Å². The molecular formula is C21H33F3N2O5. The summed E-state index contributed by atoms with van der Waals surface area (Å²) in [4.78, 5) is 19.1. The van der Waals surface area contributed by atoms with Crippen LogP contribution in [0.1, 0.15) is 38.7 Å². The SMILES string of the molecule is C.CCC(CN)Cc1ccco1.NCC(CC(=O)O)Cc1ccco1.O=CC(F)(F)F. The van der Waals surface area contributed by atoms with Crippen LogP contribution in [-0.2, 0) is 22.4 Å². The van der Waals surface area contributed by atoms with Crippen molar-refractivity contribution in [3.63, 3.8) is 0 Å². The number of furan rings is 2. The quantitative estimate of drug-likeness (QED) is 0.491. The fourth-order valence-electron chi connectivity index (χ4n) is 2.31. The van der Waals surface area contributed by atoms with Crippen molar-refractivity contribution in [2.75, 3.05) is 13.1 Å². The standard InChI is InChI=1S/C9H13NO3.C9H15NO.C2HF3O.CH4/c10-6-7(5-9(11)12)4-8-2-1-3-13-8;1-2-8(7-10)6-9-4-3-5-11-9;3-2(4,5)1-6;/h1-3,7H,4-6,10H2,(H,11,12);3-5,8H,2,6-7,10H2,1H3;1H;1H4. The maximum absolute atomic E-state index is 10.4. The number of aliphatic carboxylic acids is 1. The average molecular weight is 450 g/mol. The molecule has 2 atom stereocenters. The molecule has 0 aliphatic heterocycles. The van der Waals surface area contributed by atoms with Gasteiger partial charge in [0.2, 0.25) is 6.29 Å². The Morgan fingerprint density at radius 2 is 1.48 bits per heavy atom. The van der Waals surface area contributed by atoms with Crippen LogP contribution < -0.4 is 11.5 Å². The molecule has 2 heterocycles. The zero-order chi connectivity index (χ0) is 23.0. The van der Waals surface area contributed by atoms with E-state index in [2.05, 4.69) is 6.92 Å². The molecule has 0 aliphatic carbocycles. The summed E-state index contributed by atoms with van der Waals surface area (Å²) in [6.45, 7) is 3.27. The second-order valence-corrected chi connectivity index (χ2v) is 6.44. The molecule has 2 unspecified atom stereocenters. The van der Waals surface area contributed by atoms with Crippen molar-refractivity contribution in [1.29, 1.82) is 0 Å². The van der Waals surface area contributed by atoms with Gasteiger partial charge in [-0.15, -0.1) is 0 Å². The van der Waals surface area contributed by atoms with Gasteiger partial charge in [-0.25, -0.2) is 0 Å². The molecule has 2 rings (SSSR count). The van der Waals surface area contributed by atoms with Crippen molar-refractivity contribution in [3.8, 4) is 0 Å². The minimum atomic E-state index is -4.64. The van der Waals surface area contributed by atoms with Crippen molar-refractivity contribution in [3.05, 3.63) is 48.3 Å². The number of carboxylic acids is 1. The van der Waals surface area contributed by atoms with E-state index >= 15 is 0 Å². The summed E-state index contributed by atoms with van der Waals surface area (Å²) in [6.07, 6.45) is 0.361. The smallest absolute Gasteiger partial charge is 0.446 e. The van der Waals surface area contributed by atoms with Crippen LogP contribution in [0, 0.1) is 11.8 Å². The highest BCUT2D eigenvalue weighted by Crippen LogP contribution is 2.12. The molecule has 0 aliphatic rings. The third-order valence-corrected chi connectivity index (χ3v) is 3.98. The van der Waals surface area contributed by atoms with E-state index in [0.717, 1.165) is 30.9 Å². The number of nitrogens with two attached hydrogens (primary N) is 2. The number of halogens is 3. The van der Waals surface area contributed by atoms with Crippen LogP contribution in [0.2, 0.25) is 0 Å². The van der Waals surface area contributed by atoms with Crippen LogP contribution in [0.5, 0.6) is 0 Å². The van der Waals surface area contributed by atoms with E-state index in [1.54, 1.807) is 18.6 Å². The van der Waals surface area contributed by atoms with Gasteiger partial charge in [0, 0.05) is 19.3 Å². The monoisotopic (exact) mass is 450 g/mol. The molecule has 10 heteroatoms. The summed E-state index contributed by atoms with van der Waals surface area (Å²) >= 11 is 0. The van der Waals surface area contributed by atoms with Gasteiger partial charge >= 0.3 is 12.1 Å². The van der Waals surface area contributed by atoms with E-state index in [-0.39, 0.29) is 19.8 Å². The number of carbonyl (C=O) groups excluding carboxylic acids is 1. The molecule has 2 aromatic rings. The lowest BCUT2D eigenvalue weighted by molar-refractivity contribution is -0.156. The van der Waals surface area contributed by atoms with E-state index in [0.29, 0.717) is 18.9 Å². The molecule has 0 bridgehead atoms. The van der Waals surface area contributed by atoms with E-state index in [1.165, 1.54) is 0 Å². The van der Waals surface area contributed by atoms with Gasteiger partial charge in [0.15, 0.2) is 0 Å².